The lowest BCUT2D eigenvalue weighted by molar-refractivity contribution is 0.496. The van der Waals surface area contributed by atoms with Gasteiger partial charge in [0.2, 0.25) is 0 Å². The van der Waals surface area contributed by atoms with Crippen molar-refractivity contribution in [3.8, 4) is 0 Å². The van der Waals surface area contributed by atoms with Crippen LogP contribution in [0.3, 0.4) is 0 Å². The van der Waals surface area contributed by atoms with Crippen molar-refractivity contribution in [2.45, 2.75) is 4.90 Å². The van der Waals surface area contributed by atoms with Gasteiger partial charge in [-0.15, -0.1) is 0 Å². The molecule has 106 valence electrons. The van der Waals surface area contributed by atoms with Crippen molar-refractivity contribution in [2.24, 2.45) is 0 Å². The Morgan fingerprint density at radius 1 is 0.800 bits per heavy atom. The molecule has 0 heterocycles. The van der Waals surface area contributed by atoms with E-state index in [1.807, 2.05) is 0 Å². The van der Waals surface area contributed by atoms with Crippen LogP contribution in [-0.2, 0) is 10.0 Å². The number of rotatable bonds is 3. The molecule has 0 unspecified atom stereocenters. The maximum absolute atomic E-state index is 13.4. The zero-order valence-electron chi connectivity index (χ0n) is 9.70. The molecule has 0 aliphatic carbocycles. The van der Waals surface area contributed by atoms with Crippen LogP contribution in [0.4, 0.5) is 23.2 Å². The minimum Gasteiger partial charge on any atom is -0.276 e. The van der Waals surface area contributed by atoms with Crippen LogP contribution < -0.4 is 4.72 Å². The number of benzene rings is 2. The van der Waals surface area contributed by atoms with Crippen LogP contribution in [0.5, 0.6) is 0 Å². The van der Waals surface area contributed by atoms with Crippen molar-refractivity contribution in [3.63, 3.8) is 0 Å². The summed E-state index contributed by atoms with van der Waals surface area (Å²) in [6.07, 6.45) is 0. The molecule has 2 aromatic rings. The fourth-order valence-electron chi connectivity index (χ4n) is 1.46. The smallest absolute Gasteiger partial charge is 0.264 e. The standard InChI is InChI=1S/C12H7F4NO2S/c13-7-3-1-2-4-12(7)20(18,19)17-11-6-9(15)8(14)5-10(11)16/h1-6,17H. The molecule has 0 amide bonds. The molecular weight excluding hydrogens is 298 g/mol. The molecule has 0 spiro atoms. The zero-order chi connectivity index (χ0) is 14.9. The predicted octanol–water partition coefficient (Wildman–Crippen LogP) is 3.04. The van der Waals surface area contributed by atoms with Crippen LogP contribution in [0.15, 0.2) is 41.3 Å². The molecule has 0 fully saturated rings. The van der Waals surface area contributed by atoms with Crippen LogP contribution in [0.1, 0.15) is 0 Å². The topological polar surface area (TPSA) is 46.2 Å². The molecular formula is C12H7F4NO2S. The Balaban J connectivity index is 2.44. The summed E-state index contributed by atoms with van der Waals surface area (Å²) < 4.78 is 77.8. The lowest BCUT2D eigenvalue weighted by atomic mass is 10.3. The molecule has 0 aliphatic rings. The van der Waals surface area contributed by atoms with Crippen molar-refractivity contribution in [3.05, 3.63) is 59.7 Å². The molecule has 1 N–H and O–H groups in total. The Morgan fingerprint density at radius 3 is 2.05 bits per heavy atom. The molecule has 0 saturated heterocycles. The highest BCUT2D eigenvalue weighted by atomic mass is 32.2. The van der Waals surface area contributed by atoms with Gasteiger partial charge in [-0.25, -0.2) is 26.0 Å². The van der Waals surface area contributed by atoms with Gasteiger partial charge < -0.3 is 0 Å². The van der Waals surface area contributed by atoms with Gasteiger partial charge >= 0.3 is 0 Å². The van der Waals surface area contributed by atoms with Crippen molar-refractivity contribution < 1.29 is 26.0 Å². The third-order valence-corrected chi connectivity index (χ3v) is 3.78. The van der Waals surface area contributed by atoms with E-state index in [1.54, 1.807) is 4.72 Å². The van der Waals surface area contributed by atoms with E-state index >= 15 is 0 Å². The van der Waals surface area contributed by atoms with E-state index in [1.165, 1.54) is 12.1 Å². The molecule has 2 aromatic carbocycles. The van der Waals surface area contributed by atoms with Crippen molar-refractivity contribution in [2.75, 3.05) is 4.72 Å². The third kappa shape index (κ3) is 2.74. The van der Waals surface area contributed by atoms with Crippen molar-refractivity contribution in [1.82, 2.24) is 0 Å². The fourth-order valence-corrected chi connectivity index (χ4v) is 2.60. The first-order valence-corrected chi connectivity index (χ1v) is 6.71. The molecule has 0 radical (unpaired) electrons. The van der Waals surface area contributed by atoms with Gasteiger partial charge in [0.25, 0.3) is 10.0 Å². The van der Waals surface area contributed by atoms with E-state index in [0.717, 1.165) is 12.1 Å². The van der Waals surface area contributed by atoms with Gasteiger partial charge in [0.05, 0.1) is 5.69 Å². The molecule has 0 atom stereocenters. The van der Waals surface area contributed by atoms with E-state index in [2.05, 4.69) is 0 Å². The molecule has 2 rings (SSSR count). The van der Waals surface area contributed by atoms with Crippen molar-refractivity contribution in [1.29, 1.82) is 0 Å². The Bertz CT molecular complexity index is 762. The lowest BCUT2D eigenvalue weighted by Gasteiger charge is -2.10. The second-order valence-electron chi connectivity index (χ2n) is 3.78. The van der Waals surface area contributed by atoms with E-state index in [4.69, 9.17) is 0 Å². The molecule has 8 heteroatoms. The molecule has 0 saturated carbocycles. The molecule has 0 aromatic heterocycles. The average Bonchev–Trinajstić information content (AvgIpc) is 2.36. The maximum Gasteiger partial charge on any atom is 0.264 e. The monoisotopic (exact) mass is 305 g/mol. The van der Waals surface area contributed by atoms with Crippen LogP contribution in [-0.4, -0.2) is 8.42 Å². The largest absolute Gasteiger partial charge is 0.276 e. The third-order valence-electron chi connectivity index (χ3n) is 2.38. The molecule has 3 nitrogen and oxygen atoms in total. The summed E-state index contributed by atoms with van der Waals surface area (Å²) in [7, 11) is -4.45. The molecule has 0 aliphatic heterocycles. The lowest BCUT2D eigenvalue weighted by Crippen LogP contribution is -2.15. The first-order valence-electron chi connectivity index (χ1n) is 5.23. The quantitative estimate of drug-likeness (QED) is 0.700. The Morgan fingerprint density at radius 2 is 1.40 bits per heavy atom. The Kier molecular flexibility index (Phi) is 3.67. The number of hydrogen-bond donors (Lipinski definition) is 1. The summed E-state index contributed by atoms with van der Waals surface area (Å²) >= 11 is 0. The Hall–Kier alpha value is -2.09. The predicted molar refractivity (Wildman–Crippen MR) is 63.5 cm³/mol. The normalized spacial score (nSPS) is 11.4. The number of sulfonamides is 1. The fraction of sp³-hybridized carbons (Fsp3) is 0. The van der Waals surface area contributed by atoms with Crippen LogP contribution >= 0.6 is 0 Å². The van der Waals surface area contributed by atoms with Crippen molar-refractivity contribution >= 4 is 15.7 Å². The summed E-state index contributed by atoms with van der Waals surface area (Å²) in [5.41, 5.74) is -0.813. The van der Waals surface area contributed by atoms with Gasteiger partial charge in [0.15, 0.2) is 11.6 Å². The van der Waals surface area contributed by atoms with Gasteiger partial charge in [0.1, 0.15) is 16.5 Å². The van der Waals surface area contributed by atoms with Gasteiger partial charge in [0, 0.05) is 12.1 Å². The summed E-state index contributed by atoms with van der Waals surface area (Å²) in [5.74, 6) is -5.26. The Labute approximate surface area is 111 Å². The second kappa shape index (κ2) is 5.12. The van der Waals surface area contributed by atoms with Gasteiger partial charge in [-0.05, 0) is 12.1 Å². The van der Waals surface area contributed by atoms with Gasteiger partial charge in [-0.3, -0.25) is 4.72 Å². The average molecular weight is 305 g/mol. The van der Waals surface area contributed by atoms with Crippen LogP contribution in [0.25, 0.3) is 0 Å². The highest BCUT2D eigenvalue weighted by Crippen LogP contribution is 2.23. The molecule has 20 heavy (non-hydrogen) atoms. The first-order chi connectivity index (χ1) is 9.31. The first kappa shape index (κ1) is 14.3. The number of hydrogen-bond acceptors (Lipinski definition) is 2. The minimum atomic E-state index is -4.45. The summed E-state index contributed by atoms with van der Waals surface area (Å²) in [6.45, 7) is 0. The zero-order valence-corrected chi connectivity index (χ0v) is 10.5. The number of anilines is 1. The van der Waals surface area contributed by atoms with E-state index in [-0.39, 0.29) is 6.07 Å². The summed E-state index contributed by atoms with van der Waals surface area (Å²) in [5, 5.41) is 0. The van der Waals surface area contributed by atoms with Gasteiger partial charge in [-0.1, -0.05) is 12.1 Å². The van der Waals surface area contributed by atoms with Gasteiger partial charge in [-0.2, -0.15) is 0 Å². The highest BCUT2D eigenvalue weighted by molar-refractivity contribution is 7.92. The van der Waals surface area contributed by atoms with E-state index in [0.29, 0.717) is 6.07 Å². The van der Waals surface area contributed by atoms with E-state index < -0.39 is 43.9 Å². The van der Waals surface area contributed by atoms with E-state index in [9.17, 15) is 26.0 Å². The van der Waals surface area contributed by atoms with Crippen LogP contribution in [0.2, 0.25) is 0 Å². The molecule has 0 bridgehead atoms. The summed E-state index contributed by atoms with van der Waals surface area (Å²) in [4.78, 5) is -0.732. The van der Waals surface area contributed by atoms with Crippen LogP contribution in [0, 0.1) is 23.3 Å². The summed E-state index contributed by atoms with van der Waals surface area (Å²) in [6, 6.07) is 4.91. The SMILES string of the molecule is O=S(=O)(Nc1cc(F)c(F)cc1F)c1ccccc1F. The number of nitrogens with one attached hydrogen (secondary N) is 1. The maximum atomic E-state index is 13.4. The second-order valence-corrected chi connectivity index (χ2v) is 5.43. The minimum absolute atomic E-state index is 0.189. The highest BCUT2D eigenvalue weighted by Gasteiger charge is 2.21. The number of halogens is 4.